The molecule has 0 saturated carbocycles. The van der Waals surface area contributed by atoms with Crippen molar-refractivity contribution in [2.45, 2.75) is 39.3 Å². The van der Waals surface area contributed by atoms with Crippen LogP contribution in [-0.2, 0) is 13.0 Å². The normalized spacial score (nSPS) is 15.4. The maximum Gasteiger partial charge on any atom is 0.123 e. The van der Waals surface area contributed by atoms with E-state index < -0.39 is 0 Å². The molecule has 0 saturated heterocycles. The lowest BCUT2D eigenvalue weighted by Gasteiger charge is -2.16. The van der Waals surface area contributed by atoms with Crippen LogP contribution in [0.4, 0.5) is 5.69 Å². The first-order valence-electron chi connectivity index (χ1n) is 7.24. The Kier molecular flexibility index (Phi) is 3.70. The summed E-state index contributed by atoms with van der Waals surface area (Å²) in [5.41, 5.74) is 4.88. The summed E-state index contributed by atoms with van der Waals surface area (Å²) in [5, 5.41) is 3.49. The lowest BCUT2D eigenvalue weighted by Crippen LogP contribution is -2.24. The number of fused-ring (bicyclic) bond motifs is 1. The molecule has 1 aliphatic heterocycles. The first-order valence-corrected chi connectivity index (χ1v) is 8.04. The summed E-state index contributed by atoms with van der Waals surface area (Å²) in [6, 6.07) is 12.7. The molecule has 0 aromatic heterocycles. The molecule has 1 aliphatic rings. The maximum absolute atomic E-state index is 5.92. The maximum atomic E-state index is 5.92. The van der Waals surface area contributed by atoms with E-state index in [1.807, 2.05) is 0 Å². The third-order valence-electron chi connectivity index (χ3n) is 3.80. The van der Waals surface area contributed by atoms with Crippen molar-refractivity contribution in [3.63, 3.8) is 0 Å². The lowest BCUT2D eigenvalue weighted by atomic mass is 10.0. The quantitative estimate of drug-likeness (QED) is 0.837. The molecule has 3 rings (SSSR count). The summed E-state index contributed by atoms with van der Waals surface area (Å²) in [5.74, 6) is 1.03. The fraction of sp³-hybridized carbons (Fsp3) is 0.333. The van der Waals surface area contributed by atoms with E-state index in [2.05, 4.69) is 78.4 Å². The molecule has 21 heavy (non-hydrogen) atoms. The number of hydrogen-bond donors (Lipinski definition) is 1. The Morgan fingerprint density at radius 2 is 2.05 bits per heavy atom. The van der Waals surface area contributed by atoms with Gasteiger partial charge in [0.25, 0.3) is 0 Å². The first kappa shape index (κ1) is 14.5. The van der Waals surface area contributed by atoms with Gasteiger partial charge in [-0.05, 0) is 65.5 Å². The van der Waals surface area contributed by atoms with E-state index in [0.29, 0.717) is 0 Å². The van der Waals surface area contributed by atoms with E-state index in [9.17, 15) is 0 Å². The molecule has 0 aliphatic carbocycles. The molecular weight excluding hydrogens is 326 g/mol. The number of rotatable bonds is 3. The van der Waals surface area contributed by atoms with Crippen LogP contribution in [0.3, 0.4) is 0 Å². The Labute approximate surface area is 134 Å². The van der Waals surface area contributed by atoms with Crippen LogP contribution >= 0.6 is 15.9 Å². The molecule has 2 aromatic rings. The van der Waals surface area contributed by atoms with Gasteiger partial charge in [-0.3, -0.25) is 0 Å². The van der Waals surface area contributed by atoms with Crippen LogP contribution in [0, 0.1) is 6.92 Å². The number of ether oxygens (including phenoxy) is 1. The highest BCUT2D eigenvalue weighted by molar-refractivity contribution is 9.10. The number of aryl methyl sites for hydroxylation is 1. The zero-order chi connectivity index (χ0) is 15.0. The van der Waals surface area contributed by atoms with Crippen molar-refractivity contribution < 1.29 is 4.74 Å². The van der Waals surface area contributed by atoms with Crippen LogP contribution in [-0.4, -0.2) is 5.60 Å². The van der Waals surface area contributed by atoms with Crippen molar-refractivity contribution >= 4 is 21.6 Å². The highest BCUT2D eigenvalue weighted by Crippen LogP contribution is 2.35. The van der Waals surface area contributed by atoms with Crippen molar-refractivity contribution in [3.8, 4) is 5.75 Å². The van der Waals surface area contributed by atoms with Gasteiger partial charge in [0.1, 0.15) is 11.4 Å². The Morgan fingerprint density at radius 3 is 2.86 bits per heavy atom. The SMILES string of the molecule is Cc1cccc(NCc2ccc3c(c2)CC(C)(C)O3)c1Br. The topological polar surface area (TPSA) is 21.3 Å². The minimum atomic E-state index is -0.0754. The summed E-state index contributed by atoms with van der Waals surface area (Å²) in [4.78, 5) is 0. The molecular formula is C18H20BrNO. The first-order chi connectivity index (χ1) is 9.94. The number of anilines is 1. The third kappa shape index (κ3) is 3.08. The Hall–Kier alpha value is -1.48. The van der Waals surface area contributed by atoms with Crippen LogP contribution in [0.15, 0.2) is 40.9 Å². The van der Waals surface area contributed by atoms with Gasteiger partial charge >= 0.3 is 0 Å². The molecule has 0 bridgehead atoms. The molecule has 0 atom stereocenters. The van der Waals surface area contributed by atoms with Crippen molar-refractivity contribution in [2.24, 2.45) is 0 Å². The summed E-state index contributed by atoms with van der Waals surface area (Å²) in [7, 11) is 0. The summed E-state index contributed by atoms with van der Waals surface area (Å²) < 4.78 is 7.05. The summed E-state index contributed by atoms with van der Waals surface area (Å²) in [6.07, 6.45) is 0.977. The number of nitrogens with one attached hydrogen (secondary N) is 1. The molecule has 0 fully saturated rings. The second-order valence-electron chi connectivity index (χ2n) is 6.27. The van der Waals surface area contributed by atoms with E-state index in [4.69, 9.17) is 4.74 Å². The molecule has 2 nitrogen and oxygen atoms in total. The molecule has 0 radical (unpaired) electrons. The lowest BCUT2D eigenvalue weighted by molar-refractivity contribution is 0.138. The average Bonchev–Trinajstić information content (AvgIpc) is 2.73. The second kappa shape index (κ2) is 5.38. The molecule has 2 aromatic carbocycles. The van der Waals surface area contributed by atoms with Crippen LogP contribution in [0.5, 0.6) is 5.75 Å². The summed E-state index contributed by atoms with van der Waals surface area (Å²) >= 11 is 3.64. The molecule has 3 heteroatoms. The third-order valence-corrected chi connectivity index (χ3v) is 4.85. The van der Waals surface area contributed by atoms with E-state index >= 15 is 0 Å². The van der Waals surface area contributed by atoms with Gasteiger partial charge in [0.05, 0.1) is 0 Å². The highest BCUT2D eigenvalue weighted by Gasteiger charge is 2.29. The smallest absolute Gasteiger partial charge is 0.123 e. The largest absolute Gasteiger partial charge is 0.487 e. The van der Waals surface area contributed by atoms with Gasteiger partial charge in [-0.25, -0.2) is 0 Å². The van der Waals surface area contributed by atoms with Gasteiger partial charge in [0, 0.05) is 23.1 Å². The van der Waals surface area contributed by atoms with Gasteiger partial charge in [0.2, 0.25) is 0 Å². The number of halogens is 1. The molecule has 1 N–H and O–H groups in total. The predicted molar refractivity (Wildman–Crippen MR) is 91.1 cm³/mol. The van der Waals surface area contributed by atoms with Crippen LogP contribution in [0.1, 0.15) is 30.5 Å². The standard InChI is InChI=1S/C18H20BrNO/c1-12-5-4-6-15(17(12)19)20-11-13-7-8-16-14(9-13)10-18(2,3)21-16/h4-9,20H,10-11H2,1-3H3. The zero-order valence-electron chi connectivity index (χ0n) is 12.7. The Bertz CT molecular complexity index is 679. The van der Waals surface area contributed by atoms with Crippen LogP contribution in [0.25, 0.3) is 0 Å². The van der Waals surface area contributed by atoms with Gasteiger partial charge < -0.3 is 10.1 Å². The Morgan fingerprint density at radius 1 is 1.24 bits per heavy atom. The predicted octanol–water partition coefficient (Wildman–Crippen LogP) is 5.08. The minimum Gasteiger partial charge on any atom is -0.487 e. The monoisotopic (exact) mass is 345 g/mol. The number of benzene rings is 2. The molecule has 110 valence electrons. The molecule has 0 spiro atoms. The van der Waals surface area contributed by atoms with Crippen molar-refractivity contribution in [1.29, 1.82) is 0 Å². The van der Waals surface area contributed by atoms with Gasteiger partial charge in [-0.2, -0.15) is 0 Å². The van der Waals surface area contributed by atoms with Gasteiger partial charge in [-0.1, -0.05) is 24.3 Å². The fourth-order valence-corrected chi connectivity index (χ4v) is 3.16. The van der Waals surface area contributed by atoms with E-state index in [-0.39, 0.29) is 5.60 Å². The van der Waals surface area contributed by atoms with Crippen LogP contribution < -0.4 is 10.1 Å². The van der Waals surface area contributed by atoms with Crippen molar-refractivity contribution in [1.82, 2.24) is 0 Å². The highest BCUT2D eigenvalue weighted by atomic mass is 79.9. The van der Waals surface area contributed by atoms with Crippen molar-refractivity contribution in [2.75, 3.05) is 5.32 Å². The van der Waals surface area contributed by atoms with E-state index in [1.165, 1.54) is 16.7 Å². The van der Waals surface area contributed by atoms with E-state index in [1.54, 1.807) is 0 Å². The van der Waals surface area contributed by atoms with Crippen molar-refractivity contribution in [3.05, 3.63) is 57.6 Å². The number of hydrogen-bond acceptors (Lipinski definition) is 2. The molecule has 0 amide bonds. The Balaban J connectivity index is 1.74. The van der Waals surface area contributed by atoms with E-state index in [0.717, 1.165) is 28.9 Å². The van der Waals surface area contributed by atoms with Gasteiger partial charge in [0.15, 0.2) is 0 Å². The summed E-state index contributed by atoms with van der Waals surface area (Å²) in [6.45, 7) is 7.18. The minimum absolute atomic E-state index is 0.0754. The average molecular weight is 346 g/mol. The fourth-order valence-electron chi connectivity index (χ4n) is 2.75. The molecule has 1 heterocycles. The molecule has 0 unspecified atom stereocenters. The van der Waals surface area contributed by atoms with Gasteiger partial charge in [-0.15, -0.1) is 0 Å². The van der Waals surface area contributed by atoms with Crippen LogP contribution in [0.2, 0.25) is 0 Å². The second-order valence-corrected chi connectivity index (χ2v) is 7.06. The zero-order valence-corrected chi connectivity index (χ0v) is 14.3.